The number of halogens is 1. The second kappa shape index (κ2) is 9.20. The molecule has 1 aromatic carbocycles. The fourth-order valence-electron chi connectivity index (χ4n) is 3.91. The first-order valence-corrected chi connectivity index (χ1v) is 10.9. The summed E-state index contributed by atoms with van der Waals surface area (Å²) >= 11 is 5.95. The molecular formula is C24H27ClN4O2. The number of piperidine rings is 1. The van der Waals surface area contributed by atoms with Crippen molar-refractivity contribution in [3.8, 4) is 11.1 Å². The van der Waals surface area contributed by atoms with Crippen LogP contribution >= 0.6 is 11.6 Å². The number of aryl methyl sites for hydroxylation is 2. The summed E-state index contributed by atoms with van der Waals surface area (Å²) in [5.41, 5.74) is 5.64. The monoisotopic (exact) mass is 438 g/mol. The molecule has 4 rings (SSSR count). The molecule has 3 aromatic rings. The normalized spacial score (nSPS) is 16.5. The van der Waals surface area contributed by atoms with E-state index in [9.17, 15) is 4.79 Å². The Kier molecular flexibility index (Phi) is 6.39. The highest BCUT2D eigenvalue weighted by atomic mass is 35.5. The Balaban J connectivity index is 1.45. The number of nitrogens with zero attached hydrogens (tertiary/aromatic N) is 4. The number of hydrogen-bond acceptors (Lipinski definition) is 4. The second-order valence-corrected chi connectivity index (χ2v) is 8.54. The summed E-state index contributed by atoms with van der Waals surface area (Å²) in [6.45, 7) is 5.83. The largest absolute Gasteiger partial charge is 0.372 e. The number of pyridine rings is 1. The maximum Gasteiger partial charge on any atom is 0.272 e. The molecule has 162 valence electrons. The van der Waals surface area contributed by atoms with E-state index >= 15 is 0 Å². The average molecular weight is 439 g/mol. The molecular weight excluding hydrogens is 412 g/mol. The van der Waals surface area contributed by atoms with Crippen molar-refractivity contribution >= 4 is 17.5 Å². The first-order chi connectivity index (χ1) is 14.9. The van der Waals surface area contributed by atoms with Gasteiger partial charge in [-0.1, -0.05) is 23.7 Å². The molecule has 1 aliphatic rings. The Morgan fingerprint density at radius 2 is 1.97 bits per heavy atom. The number of benzene rings is 1. The molecule has 0 radical (unpaired) electrons. The fourth-order valence-corrected chi connectivity index (χ4v) is 4.04. The van der Waals surface area contributed by atoms with Gasteiger partial charge in [0.1, 0.15) is 5.69 Å². The molecule has 2 aromatic heterocycles. The van der Waals surface area contributed by atoms with Gasteiger partial charge in [0.25, 0.3) is 5.91 Å². The third-order valence-corrected chi connectivity index (χ3v) is 6.16. The molecule has 0 saturated carbocycles. The van der Waals surface area contributed by atoms with Crippen molar-refractivity contribution in [1.29, 1.82) is 0 Å². The maximum atomic E-state index is 13.2. The molecule has 1 unspecified atom stereocenters. The van der Waals surface area contributed by atoms with Gasteiger partial charge in [0.05, 0.1) is 18.9 Å². The van der Waals surface area contributed by atoms with Crippen LogP contribution in [0.1, 0.15) is 40.2 Å². The highest BCUT2D eigenvalue weighted by Gasteiger charge is 2.26. The zero-order valence-electron chi connectivity index (χ0n) is 18.1. The van der Waals surface area contributed by atoms with E-state index in [2.05, 4.69) is 10.1 Å². The number of carbonyl (C=O) groups is 1. The molecule has 1 amide bonds. The van der Waals surface area contributed by atoms with Gasteiger partial charge in [-0.25, -0.2) is 0 Å². The lowest BCUT2D eigenvalue weighted by Gasteiger charge is -2.32. The van der Waals surface area contributed by atoms with E-state index in [1.165, 1.54) is 0 Å². The van der Waals surface area contributed by atoms with Crippen LogP contribution < -0.4 is 0 Å². The quantitative estimate of drug-likeness (QED) is 0.585. The van der Waals surface area contributed by atoms with Crippen molar-refractivity contribution in [1.82, 2.24) is 19.7 Å². The van der Waals surface area contributed by atoms with Gasteiger partial charge < -0.3 is 9.64 Å². The van der Waals surface area contributed by atoms with Crippen LogP contribution in [0, 0.1) is 13.8 Å². The summed E-state index contributed by atoms with van der Waals surface area (Å²) in [5.74, 6) is -0.0532. The highest BCUT2D eigenvalue weighted by molar-refractivity contribution is 6.30. The second-order valence-electron chi connectivity index (χ2n) is 8.10. The lowest BCUT2D eigenvalue weighted by Crippen LogP contribution is -2.43. The topological polar surface area (TPSA) is 60.3 Å². The van der Waals surface area contributed by atoms with E-state index in [1.807, 2.05) is 67.0 Å². The third-order valence-electron chi connectivity index (χ3n) is 5.91. The van der Waals surface area contributed by atoms with Crippen molar-refractivity contribution in [2.24, 2.45) is 7.05 Å². The average Bonchev–Trinajstić information content (AvgIpc) is 3.11. The van der Waals surface area contributed by atoms with Gasteiger partial charge >= 0.3 is 0 Å². The molecule has 0 spiro atoms. The lowest BCUT2D eigenvalue weighted by molar-refractivity contribution is -0.00688. The number of carbonyl (C=O) groups excluding carboxylic acids is 1. The number of amides is 1. The van der Waals surface area contributed by atoms with Gasteiger partial charge in [-0.2, -0.15) is 5.10 Å². The standard InChI is InChI=1S/C24H27ClN4O2/c1-16-12-26-23(11-21(16)22-13-27-28(3)17(22)2)24(30)29-10-4-5-20(14-29)31-15-18-6-8-19(25)9-7-18/h6-9,11-13,20H,4-5,10,14-15H2,1-3H3. The van der Waals surface area contributed by atoms with E-state index < -0.39 is 0 Å². The van der Waals surface area contributed by atoms with Crippen LogP contribution in [0.25, 0.3) is 11.1 Å². The van der Waals surface area contributed by atoms with Gasteiger partial charge in [0, 0.05) is 42.6 Å². The van der Waals surface area contributed by atoms with Gasteiger partial charge in [-0.15, -0.1) is 0 Å². The predicted molar refractivity (Wildman–Crippen MR) is 121 cm³/mol. The van der Waals surface area contributed by atoms with Crippen LogP contribution in [0.3, 0.4) is 0 Å². The molecule has 1 saturated heterocycles. The Hall–Kier alpha value is -2.70. The van der Waals surface area contributed by atoms with Crippen molar-refractivity contribution in [3.63, 3.8) is 0 Å². The predicted octanol–water partition coefficient (Wildman–Crippen LogP) is 4.57. The number of hydrogen-bond donors (Lipinski definition) is 0. The Morgan fingerprint density at radius 1 is 1.19 bits per heavy atom. The van der Waals surface area contributed by atoms with Gasteiger partial charge in [-0.3, -0.25) is 14.5 Å². The minimum absolute atomic E-state index is 0.0128. The van der Waals surface area contributed by atoms with Crippen LogP contribution in [0.5, 0.6) is 0 Å². The summed E-state index contributed by atoms with van der Waals surface area (Å²) < 4.78 is 7.92. The zero-order chi connectivity index (χ0) is 22.0. The molecule has 0 bridgehead atoms. The minimum Gasteiger partial charge on any atom is -0.372 e. The van der Waals surface area contributed by atoms with Gasteiger partial charge in [0.15, 0.2) is 0 Å². The summed E-state index contributed by atoms with van der Waals surface area (Å²) in [7, 11) is 1.92. The number of rotatable bonds is 5. The molecule has 0 N–H and O–H groups in total. The van der Waals surface area contributed by atoms with Crippen LogP contribution in [-0.2, 0) is 18.4 Å². The molecule has 1 atom stereocenters. The first-order valence-electron chi connectivity index (χ1n) is 10.5. The Morgan fingerprint density at radius 3 is 2.68 bits per heavy atom. The molecule has 1 aliphatic heterocycles. The third kappa shape index (κ3) is 4.81. The van der Waals surface area contributed by atoms with E-state index in [1.54, 1.807) is 6.20 Å². The molecule has 1 fully saturated rings. The van der Waals surface area contributed by atoms with Crippen molar-refractivity contribution in [2.75, 3.05) is 13.1 Å². The summed E-state index contributed by atoms with van der Waals surface area (Å²) in [4.78, 5) is 19.5. The molecule has 3 heterocycles. The van der Waals surface area contributed by atoms with Crippen molar-refractivity contribution in [3.05, 3.63) is 70.3 Å². The number of aromatic nitrogens is 3. The number of ether oxygens (including phenoxy) is 1. The summed E-state index contributed by atoms with van der Waals surface area (Å²) in [6, 6.07) is 9.54. The highest BCUT2D eigenvalue weighted by Crippen LogP contribution is 2.27. The van der Waals surface area contributed by atoms with Crippen molar-refractivity contribution in [2.45, 2.75) is 39.4 Å². The van der Waals surface area contributed by atoms with E-state index in [-0.39, 0.29) is 12.0 Å². The fraction of sp³-hybridized carbons (Fsp3) is 0.375. The lowest BCUT2D eigenvalue weighted by atomic mass is 10.0. The molecule has 0 aliphatic carbocycles. The van der Waals surface area contributed by atoms with E-state index in [4.69, 9.17) is 16.3 Å². The van der Waals surface area contributed by atoms with E-state index in [0.717, 1.165) is 47.3 Å². The smallest absolute Gasteiger partial charge is 0.272 e. The van der Waals surface area contributed by atoms with Crippen LogP contribution in [0.15, 0.2) is 42.7 Å². The Labute approximate surface area is 187 Å². The van der Waals surface area contributed by atoms with Crippen LogP contribution in [-0.4, -0.2) is 44.8 Å². The van der Waals surface area contributed by atoms with Crippen LogP contribution in [0.2, 0.25) is 5.02 Å². The molecule has 7 heteroatoms. The zero-order valence-corrected chi connectivity index (χ0v) is 18.9. The van der Waals surface area contributed by atoms with E-state index in [0.29, 0.717) is 23.9 Å². The number of likely N-dealkylation sites (tertiary alicyclic amines) is 1. The SMILES string of the molecule is Cc1cnc(C(=O)N2CCCC(OCc3ccc(Cl)cc3)C2)cc1-c1cnn(C)c1C. The first kappa shape index (κ1) is 21.5. The summed E-state index contributed by atoms with van der Waals surface area (Å²) in [6.07, 6.45) is 5.48. The van der Waals surface area contributed by atoms with Crippen LogP contribution in [0.4, 0.5) is 0 Å². The molecule has 6 nitrogen and oxygen atoms in total. The van der Waals surface area contributed by atoms with Gasteiger partial charge in [0.2, 0.25) is 0 Å². The van der Waals surface area contributed by atoms with Crippen molar-refractivity contribution < 1.29 is 9.53 Å². The maximum absolute atomic E-state index is 13.2. The minimum atomic E-state index is -0.0532. The molecule has 31 heavy (non-hydrogen) atoms. The summed E-state index contributed by atoms with van der Waals surface area (Å²) in [5, 5.41) is 5.05. The Bertz CT molecular complexity index is 1080. The van der Waals surface area contributed by atoms with Gasteiger partial charge in [-0.05, 0) is 61.6 Å².